The van der Waals surface area contributed by atoms with Crippen molar-refractivity contribution in [3.05, 3.63) is 82.0 Å². The Kier molecular flexibility index (Phi) is 5.83. The van der Waals surface area contributed by atoms with Gasteiger partial charge in [0.2, 0.25) is 5.95 Å². The fourth-order valence-electron chi connectivity index (χ4n) is 4.27. The van der Waals surface area contributed by atoms with Gasteiger partial charge in [-0.15, -0.1) is 0 Å². The average Bonchev–Trinajstić information content (AvgIpc) is 3.45. The maximum atomic E-state index is 6.09. The molecule has 168 valence electrons. The second kappa shape index (κ2) is 8.92. The van der Waals surface area contributed by atoms with Crippen LogP contribution < -0.4 is 15.4 Å². The summed E-state index contributed by atoms with van der Waals surface area (Å²) >= 11 is 12.1. The Morgan fingerprint density at radius 2 is 1.91 bits per heavy atom. The molecular weight excluding hydrogens is 459 g/mol. The number of benzene rings is 2. The minimum atomic E-state index is 0.204. The molecule has 0 saturated carbocycles. The molecule has 4 aromatic rings. The van der Waals surface area contributed by atoms with Crippen LogP contribution in [0, 0.1) is 0 Å². The minimum Gasteiger partial charge on any atom is -0.494 e. The number of hydrogen-bond donors (Lipinski definition) is 2. The Bertz CT molecular complexity index is 1310. The molecule has 1 atom stereocenters. The van der Waals surface area contributed by atoms with Crippen molar-refractivity contribution < 1.29 is 4.74 Å². The van der Waals surface area contributed by atoms with Crippen molar-refractivity contribution in [2.24, 2.45) is 0 Å². The second-order valence-electron chi connectivity index (χ2n) is 7.77. The van der Waals surface area contributed by atoms with Gasteiger partial charge in [0.05, 0.1) is 18.5 Å². The largest absolute Gasteiger partial charge is 0.494 e. The number of nitrogens with one attached hydrogen (secondary N) is 2. The highest BCUT2D eigenvalue weighted by atomic mass is 35.5. The zero-order chi connectivity index (χ0) is 22.9. The molecule has 0 radical (unpaired) electrons. The van der Waals surface area contributed by atoms with Crippen molar-refractivity contribution in [3.8, 4) is 11.4 Å². The number of fused-ring (bicyclic) bond motifs is 1. The van der Waals surface area contributed by atoms with Crippen LogP contribution in [0.2, 0.25) is 10.2 Å². The van der Waals surface area contributed by atoms with Gasteiger partial charge in [-0.1, -0.05) is 35.3 Å². The maximum absolute atomic E-state index is 6.09. The molecule has 9 heteroatoms. The molecule has 0 bridgehead atoms. The Morgan fingerprint density at radius 1 is 1.09 bits per heavy atom. The van der Waals surface area contributed by atoms with Crippen LogP contribution in [0.4, 0.5) is 17.5 Å². The van der Waals surface area contributed by atoms with Gasteiger partial charge in [0.1, 0.15) is 23.0 Å². The molecule has 1 aliphatic carbocycles. The summed E-state index contributed by atoms with van der Waals surface area (Å²) in [6.07, 6.45) is 5.29. The highest BCUT2D eigenvalue weighted by Crippen LogP contribution is 2.40. The number of methoxy groups -OCH3 is 1. The van der Waals surface area contributed by atoms with Gasteiger partial charge < -0.3 is 19.9 Å². The summed E-state index contributed by atoms with van der Waals surface area (Å²) in [5.74, 6) is 2.24. The van der Waals surface area contributed by atoms with Crippen molar-refractivity contribution in [1.29, 1.82) is 0 Å². The molecule has 2 heterocycles. The van der Waals surface area contributed by atoms with E-state index in [2.05, 4.69) is 27.8 Å². The first-order valence-electron chi connectivity index (χ1n) is 10.5. The van der Waals surface area contributed by atoms with Gasteiger partial charge >= 0.3 is 0 Å². The molecule has 7 nitrogen and oxygen atoms in total. The lowest BCUT2D eigenvalue weighted by Crippen LogP contribution is -2.08. The number of anilines is 3. The summed E-state index contributed by atoms with van der Waals surface area (Å²) in [6.45, 7) is 0. The van der Waals surface area contributed by atoms with E-state index in [1.54, 1.807) is 19.6 Å². The van der Waals surface area contributed by atoms with E-state index >= 15 is 0 Å². The summed E-state index contributed by atoms with van der Waals surface area (Å²) in [7, 11) is 3.51. The van der Waals surface area contributed by atoms with E-state index < -0.39 is 0 Å². The van der Waals surface area contributed by atoms with E-state index in [9.17, 15) is 0 Å². The molecular formula is C24H22Cl2N6O. The number of aromatic nitrogens is 4. The first-order valence-corrected chi connectivity index (χ1v) is 11.3. The molecule has 2 aromatic carbocycles. The highest BCUT2D eigenvalue weighted by molar-refractivity contribution is 6.30. The summed E-state index contributed by atoms with van der Waals surface area (Å²) in [6, 6.07) is 13.8. The van der Waals surface area contributed by atoms with E-state index in [0.29, 0.717) is 16.9 Å². The number of hydrogen-bond acceptors (Lipinski definition) is 6. The number of ether oxygens (including phenoxy) is 1. The topological polar surface area (TPSA) is 76.9 Å². The standard InChI is InChI=1S/C24H22Cl2N6O/c1-27-23-18-9-8-17(14-3-5-15(25)6-4-14)22(18)30-24(31-23)29-16-7-10-19(20(11-16)33-2)32-12-21(26)28-13-32/h3-7,10-13,17H,8-9H2,1-2H3,(H2,27,29,30,31). The lowest BCUT2D eigenvalue weighted by molar-refractivity contribution is 0.413. The lowest BCUT2D eigenvalue weighted by Gasteiger charge is -2.16. The Hall–Kier alpha value is -3.29. The number of imidazole rings is 1. The summed E-state index contributed by atoms with van der Waals surface area (Å²) in [4.78, 5) is 13.7. The second-order valence-corrected chi connectivity index (χ2v) is 8.59. The zero-order valence-electron chi connectivity index (χ0n) is 18.1. The summed E-state index contributed by atoms with van der Waals surface area (Å²) < 4.78 is 7.41. The Morgan fingerprint density at radius 3 is 2.61 bits per heavy atom. The van der Waals surface area contributed by atoms with Crippen LogP contribution in [0.25, 0.3) is 5.69 Å². The van der Waals surface area contributed by atoms with E-state index in [0.717, 1.165) is 46.3 Å². The molecule has 0 aliphatic heterocycles. The summed E-state index contributed by atoms with van der Waals surface area (Å²) in [5.41, 5.74) is 5.04. The van der Waals surface area contributed by atoms with Crippen LogP contribution in [0.3, 0.4) is 0 Å². The predicted molar refractivity (Wildman–Crippen MR) is 132 cm³/mol. The Balaban J connectivity index is 1.48. The van der Waals surface area contributed by atoms with Gasteiger partial charge in [-0.2, -0.15) is 4.98 Å². The average molecular weight is 481 g/mol. The van der Waals surface area contributed by atoms with Gasteiger partial charge in [0.25, 0.3) is 0 Å². The van der Waals surface area contributed by atoms with Gasteiger partial charge in [-0.3, -0.25) is 0 Å². The zero-order valence-corrected chi connectivity index (χ0v) is 19.7. The number of rotatable bonds is 6. The molecule has 2 aromatic heterocycles. The fourth-order valence-corrected chi connectivity index (χ4v) is 4.55. The van der Waals surface area contributed by atoms with Gasteiger partial charge in [-0.25, -0.2) is 9.97 Å². The third-order valence-electron chi connectivity index (χ3n) is 5.83. The molecule has 33 heavy (non-hydrogen) atoms. The SMILES string of the molecule is CNc1nc(Nc2ccc(-n3cnc(Cl)c3)c(OC)c2)nc2c1CCC2c1ccc(Cl)cc1. The highest BCUT2D eigenvalue weighted by Gasteiger charge is 2.29. The Labute approximate surface area is 201 Å². The maximum Gasteiger partial charge on any atom is 0.229 e. The molecule has 1 aliphatic rings. The van der Waals surface area contributed by atoms with Crippen molar-refractivity contribution in [1.82, 2.24) is 19.5 Å². The van der Waals surface area contributed by atoms with Crippen molar-refractivity contribution >= 4 is 40.7 Å². The predicted octanol–water partition coefficient (Wildman–Crippen LogP) is 5.84. The molecule has 0 amide bonds. The minimum absolute atomic E-state index is 0.204. The quantitative estimate of drug-likeness (QED) is 0.360. The van der Waals surface area contributed by atoms with Crippen molar-refractivity contribution in [2.75, 3.05) is 24.8 Å². The molecule has 0 fully saturated rings. The monoisotopic (exact) mass is 480 g/mol. The number of nitrogens with zero attached hydrogens (tertiary/aromatic N) is 4. The van der Waals surface area contributed by atoms with Crippen LogP contribution in [0.1, 0.15) is 29.2 Å². The number of halogens is 2. The van der Waals surface area contributed by atoms with E-state index in [-0.39, 0.29) is 5.92 Å². The molecule has 5 rings (SSSR count). The van der Waals surface area contributed by atoms with Gasteiger partial charge in [-0.05, 0) is 42.7 Å². The first kappa shape index (κ1) is 21.6. The van der Waals surface area contributed by atoms with Crippen LogP contribution in [0.15, 0.2) is 55.0 Å². The third-order valence-corrected chi connectivity index (χ3v) is 6.27. The lowest BCUT2D eigenvalue weighted by atomic mass is 9.97. The van der Waals surface area contributed by atoms with Crippen molar-refractivity contribution in [2.45, 2.75) is 18.8 Å². The van der Waals surface area contributed by atoms with E-state index in [1.165, 1.54) is 5.56 Å². The van der Waals surface area contributed by atoms with E-state index in [1.807, 2.05) is 41.9 Å². The van der Waals surface area contributed by atoms with E-state index in [4.69, 9.17) is 37.9 Å². The van der Waals surface area contributed by atoms with Crippen LogP contribution in [0.5, 0.6) is 5.75 Å². The van der Waals surface area contributed by atoms with Crippen LogP contribution in [-0.2, 0) is 6.42 Å². The third kappa shape index (κ3) is 4.21. The molecule has 0 saturated heterocycles. The van der Waals surface area contributed by atoms with Gasteiger partial charge in [0, 0.05) is 41.5 Å². The molecule has 2 N–H and O–H groups in total. The first-order chi connectivity index (χ1) is 16.1. The van der Waals surface area contributed by atoms with Gasteiger partial charge in [0.15, 0.2) is 0 Å². The fraction of sp³-hybridized carbons (Fsp3) is 0.208. The smallest absolute Gasteiger partial charge is 0.229 e. The van der Waals surface area contributed by atoms with Crippen LogP contribution >= 0.6 is 23.2 Å². The summed E-state index contributed by atoms with van der Waals surface area (Å²) in [5, 5.41) is 7.71. The molecule has 0 spiro atoms. The normalized spacial score (nSPS) is 14.7. The van der Waals surface area contributed by atoms with Crippen LogP contribution in [-0.4, -0.2) is 33.7 Å². The molecule has 1 unspecified atom stereocenters. The van der Waals surface area contributed by atoms with Crippen molar-refractivity contribution in [3.63, 3.8) is 0 Å².